The molecule has 0 heterocycles. The normalized spacial score (nSPS) is 10.1. The van der Waals surface area contributed by atoms with Crippen molar-refractivity contribution in [3.63, 3.8) is 0 Å². The summed E-state index contributed by atoms with van der Waals surface area (Å²) in [7, 11) is 0. The van der Waals surface area contributed by atoms with E-state index in [2.05, 4.69) is 91.0 Å². The molecule has 0 amide bonds. The van der Waals surface area contributed by atoms with Gasteiger partial charge >= 0.3 is 119 Å². The molecular formula is C18H15AsRh. The van der Waals surface area contributed by atoms with Crippen LogP contribution in [0.4, 0.5) is 0 Å². The van der Waals surface area contributed by atoms with Crippen molar-refractivity contribution < 1.29 is 19.5 Å². The Balaban J connectivity index is 0.00000147. The maximum atomic E-state index is 2.26. The van der Waals surface area contributed by atoms with Gasteiger partial charge in [0.1, 0.15) is 0 Å². The number of hydrogen-bond acceptors (Lipinski definition) is 0. The van der Waals surface area contributed by atoms with Gasteiger partial charge in [0.05, 0.1) is 0 Å². The molecule has 0 saturated heterocycles. The second kappa shape index (κ2) is 7.58. The molecular weight excluding hydrogens is 394 g/mol. The quantitative estimate of drug-likeness (QED) is 0.583. The van der Waals surface area contributed by atoms with Gasteiger partial charge in [-0.3, -0.25) is 0 Å². The van der Waals surface area contributed by atoms with E-state index in [-0.39, 0.29) is 19.5 Å². The summed E-state index contributed by atoms with van der Waals surface area (Å²) < 4.78 is 4.44. The van der Waals surface area contributed by atoms with Crippen LogP contribution in [0, 0.1) is 0 Å². The second-order valence-corrected chi connectivity index (χ2v) is 9.00. The van der Waals surface area contributed by atoms with Crippen LogP contribution in [0.25, 0.3) is 0 Å². The molecule has 0 fully saturated rings. The van der Waals surface area contributed by atoms with Gasteiger partial charge in [0.2, 0.25) is 0 Å². The summed E-state index contributed by atoms with van der Waals surface area (Å²) in [5.74, 6) is 0. The van der Waals surface area contributed by atoms with Crippen LogP contribution in [0.5, 0.6) is 0 Å². The van der Waals surface area contributed by atoms with E-state index in [4.69, 9.17) is 0 Å². The first-order valence-corrected chi connectivity index (χ1v) is 9.22. The third-order valence-electron chi connectivity index (χ3n) is 3.04. The van der Waals surface area contributed by atoms with E-state index in [1.54, 1.807) is 0 Å². The number of hydrogen-bond donors (Lipinski definition) is 0. The van der Waals surface area contributed by atoms with E-state index in [0.29, 0.717) is 0 Å². The summed E-state index contributed by atoms with van der Waals surface area (Å²) in [4.78, 5) is 0. The third-order valence-corrected chi connectivity index (χ3v) is 8.17. The molecule has 0 nitrogen and oxygen atoms in total. The molecule has 0 unspecified atom stereocenters. The Morgan fingerprint density at radius 3 is 0.900 bits per heavy atom. The molecule has 0 aliphatic heterocycles. The minimum absolute atomic E-state index is 0. The zero-order valence-corrected chi connectivity index (χ0v) is 14.5. The molecule has 0 aliphatic rings. The zero-order chi connectivity index (χ0) is 12.9. The summed E-state index contributed by atoms with van der Waals surface area (Å²) in [6, 6.07) is 32.7. The summed E-state index contributed by atoms with van der Waals surface area (Å²) in [6.45, 7) is 0. The van der Waals surface area contributed by atoms with Crippen LogP contribution in [0.2, 0.25) is 0 Å². The summed E-state index contributed by atoms with van der Waals surface area (Å²) >= 11 is -1.39. The number of benzene rings is 3. The van der Waals surface area contributed by atoms with Crippen molar-refractivity contribution in [3.05, 3.63) is 91.0 Å². The fourth-order valence-electron chi connectivity index (χ4n) is 2.18. The molecule has 0 atom stereocenters. The molecule has 3 aromatic carbocycles. The van der Waals surface area contributed by atoms with Crippen molar-refractivity contribution in [3.8, 4) is 0 Å². The van der Waals surface area contributed by atoms with E-state index < -0.39 is 14.7 Å². The van der Waals surface area contributed by atoms with Crippen molar-refractivity contribution in [2.45, 2.75) is 0 Å². The monoisotopic (exact) mass is 409 g/mol. The molecule has 3 rings (SSSR count). The predicted molar refractivity (Wildman–Crippen MR) is 84.0 cm³/mol. The maximum absolute atomic E-state index is 2.26. The van der Waals surface area contributed by atoms with E-state index in [0.717, 1.165) is 0 Å². The Labute approximate surface area is 137 Å². The second-order valence-electron chi connectivity index (χ2n) is 4.34. The van der Waals surface area contributed by atoms with Crippen molar-refractivity contribution in [2.24, 2.45) is 0 Å². The van der Waals surface area contributed by atoms with Gasteiger partial charge in [-0.25, -0.2) is 0 Å². The Morgan fingerprint density at radius 2 is 0.650 bits per heavy atom. The third kappa shape index (κ3) is 3.48. The standard InChI is InChI=1S/C18H15As.Rh/c1-4-10-16(11-5-1)19(17-12-6-2-7-13-17)18-14-8-3-9-15-18;/h1-15H;. The summed E-state index contributed by atoms with van der Waals surface area (Å²) in [5.41, 5.74) is 0. The topological polar surface area (TPSA) is 0 Å². The first kappa shape index (κ1) is 15.2. The van der Waals surface area contributed by atoms with Gasteiger partial charge in [-0.1, -0.05) is 0 Å². The average Bonchev–Trinajstić information content (AvgIpc) is 2.51. The van der Waals surface area contributed by atoms with Gasteiger partial charge in [0.25, 0.3) is 0 Å². The average molecular weight is 409 g/mol. The van der Waals surface area contributed by atoms with E-state index in [1.807, 2.05) is 0 Å². The minimum atomic E-state index is -1.39. The van der Waals surface area contributed by atoms with Gasteiger partial charge < -0.3 is 0 Å². The van der Waals surface area contributed by atoms with Crippen LogP contribution in [0.1, 0.15) is 0 Å². The van der Waals surface area contributed by atoms with Crippen molar-refractivity contribution >= 4 is 27.7 Å². The first-order chi connectivity index (χ1) is 9.45. The van der Waals surface area contributed by atoms with Gasteiger partial charge in [-0.05, 0) is 0 Å². The summed E-state index contributed by atoms with van der Waals surface area (Å²) in [6.07, 6.45) is 0. The van der Waals surface area contributed by atoms with Crippen LogP contribution in [0.3, 0.4) is 0 Å². The molecule has 0 spiro atoms. The molecule has 2 heteroatoms. The van der Waals surface area contributed by atoms with Crippen LogP contribution >= 0.6 is 0 Å². The van der Waals surface area contributed by atoms with Gasteiger partial charge in [-0.2, -0.15) is 0 Å². The van der Waals surface area contributed by atoms with Crippen LogP contribution in [-0.2, 0) is 19.5 Å². The van der Waals surface area contributed by atoms with E-state index in [9.17, 15) is 0 Å². The fourth-order valence-corrected chi connectivity index (χ4v) is 7.02. The Kier molecular flexibility index (Phi) is 5.77. The van der Waals surface area contributed by atoms with Crippen molar-refractivity contribution in [2.75, 3.05) is 0 Å². The molecule has 0 N–H and O–H groups in total. The van der Waals surface area contributed by atoms with Gasteiger partial charge in [0.15, 0.2) is 0 Å². The number of rotatable bonds is 3. The fraction of sp³-hybridized carbons (Fsp3) is 0. The molecule has 20 heavy (non-hydrogen) atoms. The molecule has 0 aliphatic carbocycles. The SMILES string of the molecule is [Rh].c1ccc([As](c2ccccc2)c2ccccc2)cc1. The molecule has 0 aromatic heterocycles. The molecule has 0 saturated carbocycles. The van der Waals surface area contributed by atoms with Gasteiger partial charge in [-0.15, -0.1) is 0 Å². The summed E-state index contributed by atoms with van der Waals surface area (Å²) in [5, 5.41) is 0. The van der Waals surface area contributed by atoms with E-state index in [1.165, 1.54) is 13.1 Å². The first-order valence-electron chi connectivity index (χ1n) is 6.40. The van der Waals surface area contributed by atoms with Crippen molar-refractivity contribution in [1.29, 1.82) is 0 Å². The van der Waals surface area contributed by atoms with Crippen LogP contribution in [-0.4, -0.2) is 14.7 Å². The Morgan fingerprint density at radius 1 is 0.400 bits per heavy atom. The van der Waals surface area contributed by atoms with Crippen molar-refractivity contribution in [1.82, 2.24) is 0 Å². The van der Waals surface area contributed by atoms with Gasteiger partial charge in [0, 0.05) is 19.5 Å². The Hall–Kier alpha value is -1.16. The molecule has 0 bridgehead atoms. The van der Waals surface area contributed by atoms with Crippen LogP contribution in [0.15, 0.2) is 91.0 Å². The molecule has 1 radical (unpaired) electrons. The predicted octanol–water partition coefficient (Wildman–Crippen LogP) is 2.20. The van der Waals surface area contributed by atoms with E-state index >= 15 is 0 Å². The molecule has 3 aromatic rings. The zero-order valence-electron chi connectivity index (χ0n) is 10.9. The van der Waals surface area contributed by atoms with Crippen LogP contribution < -0.4 is 13.1 Å². The molecule has 101 valence electrons. The Bertz CT molecular complexity index is 529.